The molecule has 0 bridgehead atoms. The van der Waals surface area contributed by atoms with Gasteiger partial charge in [0.2, 0.25) is 0 Å². The number of unbranched alkanes of at least 4 members (excludes halogenated alkanes) is 4. The minimum absolute atomic E-state index is 0.0583. The van der Waals surface area contributed by atoms with Crippen molar-refractivity contribution in [3.63, 3.8) is 0 Å². The van der Waals surface area contributed by atoms with Crippen LogP contribution in [0.25, 0.3) is 0 Å². The lowest BCUT2D eigenvalue weighted by Crippen LogP contribution is -2.19. The Bertz CT molecular complexity index is 1090. The molecule has 0 aromatic carbocycles. The predicted octanol–water partition coefficient (Wildman–Crippen LogP) is 4.32. The molecule has 0 fully saturated rings. The lowest BCUT2D eigenvalue weighted by Gasteiger charge is -2.22. The molecule has 25 heteroatoms. The van der Waals surface area contributed by atoms with Gasteiger partial charge in [-0.2, -0.15) is 0 Å². The minimum Gasteiger partial charge on any atom is -0.377 e. The molecule has 0 heterocycles. The van der Waals surface area contributed by atoms with Crippen LogP contribution in [0.4, 0.5) is 0 Å². The van der Waals surface area contributed by atoms with Crippen molar-refractivity contribution in [2.75, 3.05) is 165 Å². The number of hydrogen-bond acceptors (Lipinski definition) is 19. The SMILES string of the molecule is CCCCCCCOP(=O)(O)OCCOCCOCCOCCOCCOCCOP(=O)(O)OCCOCCOCCOCCOCCOCCOP(=O)(O)OC(C)(C)C. The Morgan fingerprint density at radius 3 is 0.783 bits per heavy atom. The van der Waals surface area contributed by atoms with Crippen LogP contribution >= 0.6 is 23.5 Å². The summed E-state index contributed by atoms with van der Waals surface area (Å²) in [7, 11) is -12.4. The number of rotatable bonds is 48. The van der Waals surface area contributed by atoms with Crippen LogP contribution in [-0.4, -0.2) is 185 Å². The molecule has 0 saturated carbocycles. The van der Waals surface area contributed by atoms with Crippen molar-refractivity contribution in [2.24, 2.45) is 0 Å². The van der Waals surface area contributed by atoms with Gasteiger partial charge in [0.1, 0.15) is 0 Å². The molecule has 60 heavy (non-hydrogen) atoms. The van der Waals surface area contributed by atoms with Gasteiger partial charge in [-0.3, -0.25) is 27.1 Å². The molecule has 0 aromatic rings. The number of ether oxygens (including phenoxy) is 10. The molecule has 0 spiro atoms. The predicted molar refractivity (Wildman–Crippen MR) is 217 cm³/mol. The monoisotopic (exact) mass is 940 g/mol. The first-order chi connectivity index (χ1) is 28.7. The molecule has 3 atom stereocenters. The van der Waals surface area contributed by atoms with Crippen LogP contribution in [0.1, 0.15) is 59.8 Å². The second-order valence-corrected chi connectivity index (χ2v) is 17.6. The van der Waals surface area contributed by atoms with Crippen molar-refractivity contribution in [2.45, 2.75) is 65.4 Å². The van der Waals surface area contributed by atoms with Crippen LogP contribution in [0.15, 0.2) is 0 Å². The van der Waals surface area contributed by atoms with Crippen LogP contribution < -0.4 is 0 Å². The molecular weight excluding hydrogens is 865 g/mol. The third kappa shape index (κ3) is 47.4. The van der Waals surface area contributed by atoms with E-state index in [-0.39, 0.29) is 79.3 Å². The average molecular weight is 941 g/mol. The van der Waals surface area contributed by atoms with Crippen molar-refractivity contribution in [1.29, 1.82) is 0 Å². The highest BCUT2D eigenvalue weighted by molar-refractivity contribution is 7.47. The summed E-state index contributed by atoms with van der Waals surface area (Å²) < 4.78 is 118. The maximum Gasteiger partial charge on any atom is 0.472 e. The first kappa shape index (κ1) is 59.9. The number of phosphoric ester groups is 3. The summed E-state index contributed by atoms with van der Waals surface area (Å²) in [6, 6.07) is 0. The Balaban J connectivity index is 3.37. The van der Waals surface area contributed by atoms with Crippen molar-refractivity contribution < 1.29 is 103 Å². The molecule has 0 aromatic heterocycles. The Labute approximate surface area is 356 Å². The van der Waals surface area contributed by atoms with E-state index in [0.29, 0.717) is 85.9 Å². The third-order valence-corrected chi connectivity index (χ3v) is 10.1. The smallest absolute Gasteiger partial charge is 0.377 e. The lowest BCUT2D eigenvalue weighted by atomic mass is 10.2. The van der Waals surface area contributed by atoms with E-state index in [0.717, 1.165) is 32.1 Å². The molecule has 0 amide bonds. The molecule has 3 N–H and O–H groups in total. The zero-order valence-electron chi connectivity index (χ0n) is 36.2. The number of phosphoric acid groups is 3. The van der Waals surface area contributed by atoms with E-state index >= 15 is 0 Å². The Hall–Kier alpha value is -0.0700. The first-order valence-corrected chi connectivity index (χ1v) is 24.9. The van der Waals surface area contributed by atoms with Gasteiger partial charge in [0.25, 0.3) is 0 Å². The van der Waals surface area contributed by atoms with E-state index in [2.05, 4.69) is 6.92 Å². The summed E-state index contributed by atoms with van der Waals surface area (Å²) in [5.74, 6) is 0. The second kappa shape index (κ2) is 40.4. The Morgan fingerprint density at radius 2 is 0.533 bits per heavy atom. The maximum atomic E-state index is 12.0. The minimum atomic E-state index is -4.24. The maximum absolute atomic E-state index is 12.0. The Kier molecular flexibility index (Phi) is 40.4. The van der Waals surface area contributed by atoms with Gasteiger partial charge in [0, 0.05) is 0 Å². The Morgan fingerprint density at radius 1 is 0.317 bits per heavy atom. The van der Waals surface area contributed by atoms with Gasteiger partial charge in [-0.05, 0) is 27.2 Å². The summed E-state index contributed by atoms with van der Waals surface area (Å²) in [4.78, 5) is 29.0. The molecule has 0 aliphatic heterocycles. The fourth-order valence-electron chi connectivity index (χ4n) is 4.14. The van der Waals surface area contributed by atoms with Crippen LogP contribution in [0.2, 0.25) is 0 Å². The molecule has 0 rings (SSSR count). The molecule has 0 aliphatic carbocycles. The molecule has 0 radical (unpaired) electrons. The van der Waals surface area contributed by atoms with Crippen molar-refractivity contribution in [3.8, 4) is 0 Å². The van der Waals surface area contributed by atoms with Gasteiger partial charge in [-0.25, -0.2) is 13.7 Å². The summed E-state index contributed by atoms with van der Waals surface area (Å²) in [6.07, 6.45) is 5.03. The van der Waals surface area contributed by atoms with E-state index in [4.69, 9.17) is 74.5 Å². The van der Waals surface area contributed by atoms with E-state index in [1.54, 1.807) is 20.8 Å². The number of hydrogen-bond donors (Lipinski definition) is 3. The van der Waals surface area contributed by atoms with Gasteiger partial charge >= 0.3 is 23.5 Å². The van der Waals surface area contributed by atoms with Crippen molar-refractivity contribution in [1.82, 2.24) is 0 Å². The van der Waals surface area contributed by atoms with E-state index in [1.165, 1.54) is 0 Å². The average Bonchev–Trinajstić information content (AvgIpc) is 3.17. The molecule has 362 valence electrons. The van der Waals surface area contributed by atoms with E-state index < -0.39 is 29.1 Å². The second-order valence-electron chi connectivity index (χ2n) is 13.3. The van der Waals surface area contributed by atoms with Crippen molar-refractivity contribution in [3.05, 3.63) is 0 Å². The quantitative estimate of drug-likeness (QED) is 0.0567. The third-order valence-electron chi connectivity index (χ3n) is 6.80. The summed E-state index contributed by atoms with van der Waals surface area (Å²) in [5.41, 5.74) is -0.801. The molecule has 22 nitrogen and oxygen atoms in total. The highest BCUT2D eigenvalue weighted by Crippen LogP contribution is 2.47. The van der Waals surface area contributed by atoms with Gasteiger partial charge in [0.15, 0.2) is 0 Å². The molecular formula is C35H75O22P3. The zero-order chi connectivity index (χ0) is 44.5. The largest absolute Gasteiger partial charge is 0.472 e. The zero-order valence-corrected chi connectivity index (χ0v) is 38.8. The van der Waals surface area contributed by atoms with Crippen LogP contribution in [0.5, 0.6) is 0 Å². The highest BCUT2D eigenvalue weighted by Gasteiger charge is 2.28. The van der Waals surface area contributed by atoms with Gasteiger partial charge in [-0.1, -0.05) is 32.6 Å². The van der Waals surface area contributed by atoms with Gasteiger partial charge in [-0.15, -0.1) is 0 Å². The summed E-state index contributed by atoms with van der Waals surface area (Å²) in [5, 5.41) is 0. The highest BCUT2D eigenvalue weighted by atomic mass is 31.2. The van der Waals surface area contributed by atoms with Crippen LogP contribution in [0.3, 0.4) is 0 Å². The van der Waals surface area contributed by atoms with Crippen LogP contribution in [-0.2, 0) is 88.2 Å². The molecule has 0 aliphatic rings. The first-order valence-electron chi connectivity index (χ1n) is 20.4. The van der Waals surface area contributed by atoms with Crippen LogP contribution in [0, 0.1) is 0 Å². The summed E-state index contributed by atoms with van der Waals surface area (Å²) in [6.45, 7) is 12.5. The topological polar surface area (TPSA) is 260 Å². The fraction of sp³-hybridized carbons (Fsp3) is 1.00. The van der Waals surface area contributed by atoms with Gasteiger partial charge in [0.05, 0.1) is 171 Å². The van der Waals surface area contributed by atoms with E-state index in [9.17, 15) is 28.4 Å². The molecule has 0 saturated heterocycles. The fourth-order valence-corrected chi connectivity index (χ4v) is 6.62. The van der Waals surface area contributed by atoms with E-state index in [1.807, 2.05) is 0 Å². The molecule has 3 unspecified atom stereocenters. The van der Waals surface area contributed by atoms with Crippen molar-refractivity contribution >= 4 is 23.5 Å². The van der Waals surface area contributed by atoms with Gasteiger partial charge < -0.3 is 62.0 Å². The summed E-state index contributed by atoms with van der Waals surface area (Å²) >= 11 is 0. The standard InChI is InChI=1S/C35H75O22P3/c1-5-6-7-8-9-10-52-58(36,37)53-31-27-48-23-19-44-15-11-42-12-16-45-20-24-49-28-32-54-59(38,39)55-33-29-50-25-21-46-17-13-43-14-18-47-22-26-51-30-34-56-60(40,41)57-35(2,3)4/h5-34H2,1-4H3,(H,36,37)(H,38,39)(H,40,41). The normalized spacial score (nSPS) is 15.2. The lowest BCUT2D eigenvalue weighted by molar-refractivity contribution is -0.0175.